The van der Waals surface area contributed by atoms with E-state index in [4.69, 9.17) is 4.98 Å². The van der Waals surface area contributed by atoms with Crippen LogP contribution in [0.3, 0.4) is 0 Å². The molecule has 0 radical (unpaired) electrons. The molecule has 0 spiro atoms. The molecule has 0 N–H and O–H groups in total. The summed E-state index contributed by atoms with van der Waals surface area (Å²) in [5.41, 5.74) is 10.3. The average molecular weight is 968 g/mol. The van der Waals surface area contributed by atoms with Crippen molar-refractivity contribution in [2.45, 2.75) is 5.41 Å². The van der Waals surface area contributed by atoms with Crippen LogP contribution >= 0.6 is 0 Å². The van der Waals surface area contributed by atoms with Crippen molar-refractivity contribution < 1.29 is 40.7 Å². The summed E-state index contributed by atoms with van der Waals surface area (Å²) in [6.07, 6.45) is 5.63. The standard InChI is InChI=1S/C39H24N4.CH3N.2Pt/c1-4-16-34-30(13-1)31-14-2-5-17-35(31)39(34,38-19-7-8-22-40-38)27-11-9-12-29(25-27)43-36-18-6-3-15-32(36)33-21-20-28(26-37(33)43)42-24-10-23-41-42;1-2;;/h1-24H;1H3;;/q-2;;;+2. The van der Waals surface area contributed by atoms with Crippen LogP contribution in [0.1, 0.15) is 22.4 Å². The van der Waals surface area contributed by atoms with Gasteiger partial charge in [-0.1, -0.05) is 84.0 Å². The van der Waals surface area contributed by atoms with Crippen LogP contribution in [-0.4, -0.2) is 26.4 Å². The van der Waals surface area contributed by atoms with Gasteiger partial charge in [0.25, 0.3) is 0 Å². The summed E-state index contributed by atoms with van der Waals surface area (Å²) in [6, 6.07) is 52.5. The Labute approximate surface area is 298 Å². The van der Waals surface area contributed by atoms with Gasteiger partial charge in [0.1, 0.15) is 0 Å². The van der Waals surface area contributed by atoms with E-state index in [9.17, 15) is 0 Å². The van der Waals surface area contributed by atoms with Crippen LogP contribution in [-0.2, 0) is 46.1 Å². The second kappa shape index (κ2) is 12.9. The quantitative estimate of drug-likeness (QED) is 0.166. The first-order chi connectivity index (χ1) is 22.8. The number of benzene rings is 5. The number of pyridine rings is 1. The number of nitrogens with zero attached hydrogens (tertiary/aromatic N) is 5. The van der Waals surface area contributed by atoms with Crippen molar-refractivity contribution in [2.75, 3.05) is 7.05 Å². The van der Waals surface area contributed by atoms with E-state index >= 15 is 0 Å². The Balaban J connectivity index is 0.000000848. The molecule has 7 heteroatoms. The fourth-order valence-corrected chi connectivity index (χ4v) is 7.01. The summed E-state index contributed by atoms with van der Waals surface area (Å²) in [7, 11) is 1.74. The van der Waals surface area contributed by atoms with Gasteiger partial charge in [0.15, 0.2) is 0 Å². The van der Waals surface area contributed by atoms with Crippen LogP contribution in [0.5, 0.6) is 0 Å². The summed E-state index contributed by atoms with van der Waals surface area (Å²) in [6.45, 7) is 0. The summed E-state index contributed by atoms with van der Waals surface area (Å²) in [4.78, 5) is 5.00. The molecule has 1 aliphatic rings. The van der Waals surface area contributed by atoms with Gasteiger partial charge in [-0.2, -0.15) is 29.4 Å². The first-order valence-electron chi connectivity index (χ1n) is 15.0. The predicted molar refractivity (Wildman–Crippen MR) is 179 cm³/mol. The molecule has 3 aromatic heterocycles. The molecule has 8 aromatic rings. The molecule has 5 nitrogen and oxygen atoms in total. The van der Waals surface area contributed by atoms with Crippen LogP contribution < -0.4 is 0 Å². The van der Waals surface area contributed by atoms with Gasteiger partial charge in [-0.25, -0.2) is 0 Å². The Kier molecular flexibility index (Phi) is 8.53. The first-order valence-corrected chi connectivity index (χ1v) is 16.0. The number of hydrogen-bond donors (Lipinski definition) is 0. The molecule has 47 heavy (non-hydrogen) atoms. The molecule has 0 amide bonds. The van der Waals surface area contributed by atoms with Crippen LogP contribution in [0.15, 0.2) is 149 Å². The maximum atomic E-state index is 5.00. The van der Waals surface area contributed by atoms with Crippen LogP contribution in [0, 0.1) is 12.1 Å². The molecular weight excluding hydrogens is 941 g/mol. The third kappa shape index (κ3) is 4.92. The molecule has 0 fully saturated rings. The van der Waals surface area contributed by atoms with E-state index in [1.54, 1.807) is 13.2 Å². The molecule has 0 atom stereocenters. The second-order valence-electron chi connectivity index (χ2n) is 11.1. The Morgan fingerprint density at radius 2 is 1.36 bits per heavy atom. The minimum atomic E-state index is -0.618. The number of aromatic nitrogens is 4. The molecule has 0 unspecified atom stereocenters. The summed E-state index contributed by atoms with van der Waals surface area (Å²) < 4.78 is 7.60. The van der Waals surface area contributed by atoms with Crippen molar-refractivity contribution in [3.8, 4) is 22.5 Å². The Morgan fingerprint density at radius 1 is 0.660 bits per heavy atom. The van der Waals surface area contributed by atoms with E-state index in [2.05, 4.69) is 141 Å². The molecule has 1 aliphatic carbocycles. The van der Waals surface area contributed by atoms with E-state index in [0.717, 1.165) is 39.1 Å². The summed E-state index contributed by atoms with van der Waals surface area (Å²) in [5.74, 6) is 0. The van der Waals surface area contributed by atoms with E-state index in [1.165, 1.54) is 27.6 Å². The zero-order chi connectivity index (χ0) is 31.1. The molecule has 232 valence electrons. The van der Waals surface area contributed by atoms with Crippen molar-refractivity contribution in [1.29, 1.82) is 0 Å². The van der Waals surface area contributed by atoms with Crippen molar-refractivity contribution >= 4 is 21.8 Å². The molecule has 0 saturated carbocycles. The van der Waals surface area contributed by atoms with Gasteiger partial charge in [-0.15, -0.1) is 29.1 Å². The average Bonchev–Trinajstić information content (AvgIpc) is 3.84. The van der Waals surface area contributed by atoms with Gasteiger partial charge in [0.05, 0.1) is 11.1 Å². The third-order valence-corrected chi connectivity index (χ3v) is 8.75. The second-order valence-corrected chi connectivity index (χ2v) is 12.1. The zero-order valence-electron chi connectivity index (χ0n) is 25.2. The molecule has 9 rings (SSSR count). The van der Waals surface area contributed by atoms with Crippen LogP contribution in [0.25, 0.3) is 44.3 Å². The van der Waals surface area contributed by atoms with E-state index in [0.29, 0.717) is 0 Å². The molecular formula is C40H27N5Pt2. The topological polar surface area (TPSA) is 48.0 Å². The Hall–Kier alpha value is -4.56. The van der Waals surface area contributed by atoms with Gasteiger partial charge < -0.3 is 4.57 Å². The van der Waals surface area contributed by atoms with Gasteiger partial charge in [-0.3, -0.25) is 9.67 Å². The van der Waals surface area contributed by atoms with Gasteiger partial charge in [0, 0.05) is 24.1 Å². The van der Waals surface area contributed by atoms with Gasteiger partial charge in [0.2, 0.25) is 0 Å². The molecule has 3 heterocycles. The van der Waals surface area contributed by atoms with Crippen LogP contribution in [0.4, 0.5) is 0 Å². The molecule has 0 bridgehead atoms. The van der Waals surface area contributed by atoms with Crippen molar-refractivity contribution in [2.24, 2.45) is 3.50 Å². The normalized spacial score (nSPS) is 12.5. The van der Waals surface area contributed by atoms with E-state index in [-0.39, 0.29) is 21.1 Å². The van der Waals surface area contributed by atoms with E-state index in [1.807, 2.05) is 48.8 Å². The minimum Gasteiger partial charge on any atom is -0.358 e. The van der Waals surface area contributed by atoms with Crippen LogP contribution in [0.2, 0.25) is 0 Å². The maximum absolute atomic E-state index is 5.00. The van der Waals surface area contributed by atoms with Gasteiger partial charge >= 0.3 is 51.2 Å². The largest absolute Gasteiger partial charge is 2.00 e. The number of hydrogen-bond acceptors (Lipinski definition) is 3. The zero-order valence-corrected chi connectivity index (χ0v) is 29.8. The fraction of sp³-hybridized carbons (Fsp3) is 0.0500. The Morgan fingerprint density at radius 3 is 2.06 bits per heavy atom. The maximum Gasteiger partial charge on any atom is 2.00 e. The van der Waals surface area contributed by atoms with Crippen molar-refractivity contribution in [3.05, 3.63) is 181 Å². The SMILES string of the molecule is C[N]=[Pt].[Pt+2].[c-]1c(-n2c3[c-]c(-n4cccn4)ccc3c3ccccc32)cccc1C1(c2ccccn2)c2ccccc2-c2ccccc21. The predicted octanol–water partition coefficient (Wildman–Crippen LogP) is 8.67. The van der Waals surface area contributed by atoms with Gasteiger partial charge in [-0.05, 0) is 57.6 Å². The number of fused-ring (bicyclic) bond motifs is 6. The van der Waals surface area contributed by atoms with E-state index < -0.39 is 5.41 Å². The first kappa shape index (κ1) is 31.1. The third-order valence-electron chi connectivity index (χ3n) is 8.75. The smallest absolute Gasteiger partial charge is 0.358 e. The summed E-state index contributed by atoms with van der Waals surface area (Å²) >= 11 is 1.90. The molecule has 5 aromatic carbocycles. The summed E-state index contributed by atoms with van der Waals surface area (Å²) in [5, 5.41) is 6.78. The number of rotatable bonds is 4. The molecule has 0 saturated heterocycles. The minimum absolute atomic E-state index is 0. The monoisotopic (exact) mass is 967 g/mol. The fourth-order valence-electron chi connectivity index (χ4n) is 7.01. The number of para-hydroxylation sites is 1. The van der Waals surface area contributed by atoms with Crippen molar-refractivity contribution in [1.82, 2.24) is 19.3 Å². The molecule has 0 aliphatic heterocycles. The Bertz CT molecular complexity index is 2320. The van der Waals surface area contributed by atoms with Crippen molar-refractivity contribution in [3.63, 3.8) is 0 Å².